The Morgan fingerprint density at radius 1 is 1.28 bits per heavy atom. The Balaban J connectivity index is 2.23. The van der Waals surface area contributed by atoms with Gasteiger partial charge in [-0.1, -0.05) is 32.0 Å². The van der Waals surface area contributed by atoms with Crippen LogP contribution >= 0.6 is 11.3 Å². The predicted molar refractivity (Wildman–Crippen MR) is 78.8 cm³/mol. The van der Waals surface area contributed by atoms with Crippen molar-refractivity contribution in [3.63, 3.8) is 0 Å². The van der Waals surface area contributed by atoms with E-state index in [0.717, 1.165) is 11.3 Å². The fourth-order valence-corrected chi connectivity index (χ4v) is 3.48. The van der Waals surface area contributed by atoms with Crippen molar-refractivity contribution in [1.29, 1.82) is 0 Å². The average Bonchev–Trinajstić information content (AvgIpc) is 2.78. The SMILES string of the molecule is CC(C)CC(CN)C(O)c1cc2ccccc2s1. The largest absolute Gasteiger partial charge is 0.387 e. The maximum Gasteiger partial charge on any atom is 0.0922 e. The summed E-state index contributed by atoms with van der Waals surface area (Å²) in [5, 5.41) is 11.7. The molecule has 3 heteroatoms. The molecular formula is C15H21NOS. The number of benzene rings is 1. The minimum absolute atomic E-state index is 0.151. The highest BCUT2D eigenvalue weighted by molar-refractivity contribution is 7.19. The first-order valence-electron chi connectivity index (χ1n) is 6.48. The van der Waals surface area contributed by atoms with Gasteiger partial charge in [-0.3, -0.25) is 0 Å². The van der Waals surface area contributed by atoms with Crippen LogP contribution in [-0.2, 0) is 0 Å². The third-order valence-corrected chi connectivity index (χ3v) is 4.45. The van der Waals surface area contributed by atoms with Gasteiger partial charge < -0.3 is 10.8 Å². The summed E-state index contributed by atoms with van der Waals surface area (Å²) >= 11 is 1.67. The zero-order valence-corrected chi connectivity index (χ0v) is 11.8. The lowest BCUT2D eigenvalue weighted by Gasteiger charge is -2.22. The first-order chi connectivity index (χ1) is 8.61. The molecule has 0 aliphatic heterocycles. The number of thiophene rings is 1. The minimum atomic E-state index is -0.435. The van der Waals surface area contributed by atoms with Crippen molar-refractivity contribution < 1.29 is 5.11 Å². The molecule has 2 unspecified atom stereocenters. The van der Waals surface area contributed by atoms with E-state index in [2.05, 4.69) is 32.0 Å². The van der Waals surface area contributed by atoms with E-state index in [0.29, 0.717) is 12.5 Å². The summed E-state index contributed by atoms with van der Waals surface area (Å²) in [6.07, 6.45) is 0.529. The van der Waals surface area contributed by atoms with Crippen molar-refractivity contribution in [2.75, 3.05) is 6.54 Å². The van der Waals surface area contributed by atoms with Crippen LogP contribution in [0.3, 0.4) is 0 Å². The van der Waals surface area contributed by atoms with Crippen LogP contribution in [0.2, 0.25) is 0 Å². The van der Waals surface area contributed by atoms with Gasteiger partial charge in [0.15, 0.2) is 0 Å². The molecule has 1 heterocycles. The van der Waals surface area contributed by atoms with E-state index in [1.54, 1.807) is 11.3 Å². The number of hydrogen-bond donors (Lipinski definition) is 2. The molecule has 98 valence electrons. The minimum Gasteiger partial charge on any atom is -0.387 e. The van der Waals surface area contributed by atoms with Crippen molar-refractivity contribution in [3.8, 4) is 0 Å². The Morgan fingerprint density at radius 3 is 2.61 bits per heavy atom. The van der Waals surface area contributed by atoms with Gasteiger partial charge in [-0.25, -0.2) is 0 Å². The molecule has 3 N–H and O–H groups in total. The average molecular weight is 263 g/mol. The van der Waals surface area contributed by atoms with Crippen LogP contribution in [-0.4, -0.2) is 11.7 Å². The van der Waals surface area contributed by atoms with Gasteiger partial charge in [0.05, 0.1) is 6.10 Å². The second kappa shape index (κ2) is 5.83. The lowest BCUT2D eigenvalue weighted by molar-refractivity contribution is 0.103. The molecule has 0 amide bonds. The van der Waals surface area contributed by atoms with Gasteiger partial charge in [0.2, 0.25) is 0 Å². The highest BCUT2D eigenvalue weighted by Gasteiger charge is 2.22. The number of rotatable bonds is 5. The van der Waals surface area contributed by atoms with Crippen molar-refractivity contribution >= 4 is 21.4 Å². The molecule has 0 aliphatic carbocycles. The summed E-state index contributed by atoms with van der Waals surface area (Å²) < 4.78 is 1.23. The van der Waals surface area contributed by atoms with Crippen molar-refractivity contribution in [3.05, 3.63) is 35.2 Å². The Hall–Kier alpha value is -0.900. The van der Waals surface area contributed by atoms with E-state index in [9.17, 15) is 5.11 Å². The van der Waals surface area contributed by atoms with E-state index in [1.807, 2.05) is 12.1 Å². The number of fused-ring (bicyclic) bond motifs is 1. The fourth-order valence-electron chi connectivity index (χ4n) is 2.34. The molecule has 0 spiro atoms. The maximum absolute atomic E-state index is 10.5. The first kappa shape index (κ1) is 13.5. The van der Waals surface area contributed by atoms with Crippen LogP contribution in [0, 0.1) is 11.8 Å². The number of nitrogens with two attached hydrogens (primary N) is 1. The highest BCUT2D eigenvalue weighted by atomic mass is 32.1. The third kappa shape index (κ3) is 2.91. The molecule has 1 aromatic heterocycles. The molecule has 0 saturated heterocycles. The maximum atomic E-state index is 10.5. The summed E-state index contributed by atoms with van der Waals surface area (Å²) in [4.78, 5) is 1.03. The monoisotopic (exact) mass is 263 g/mol. The van der Waals surface area contributed by atoms with E-state index < -0.39 is 6.10 Å². The van der Waals surface area contributed by atoms with Crippen LogP contribution in [0.5, 0.6) is 0 Å². The van der Waals surface area contributed by atoms with Crippen LogP contribution in [0.15, 0.2) is 30.3 Å². The van der Waals surface area contributed by atoms with E-state index in [1.165, 1.54) is 10.1 Å². The van der Waals surface area contributed by atoms with E-state index >= 15 is 0 Å². The molecule has 2 rings (SSSR count). The topological polar surface area (TPSA) is 46.2 Å². The Labute approximate surface area is 112 Å². The van der Waals surface area contributed by atoms with Gasteiger partial charge >= 0.3 is 0 Å². The van der Waals surface area contributed by atoms with Gasteiger partial charge in [0, 0.05) is 15.5 Å². The lowest BCUT2D eigenvalue weighted by Crippen LogP contribution is -2.23. The zero-order valence-electron chi connectivity index (χ0n) is 11.0. The third-order valence-electron chi connectivity index (χ3n) is 3.26. The molecule has 2 atom stereocenters. The molecule has 0 aliphatic rings. The van der Waals surface area contributed by atoms with Gasteiger partial charge in [-0.05, 0) is 36.4 Å². The van der Waals surface area contributed by atoms with Crippen LogP contribution in [0.1, 0.15) is 31.2 Å². The zero-order chi connectivity index (χ0) is 13.1. The second-order valence-corrected chi connectivity index (χ2v) is 6.37. The molecule has 2 aromatic rings. The number of aliphatic hydroxyl groups is 1. The van der Waals surface area contributed by atoms with Crippen LogP contribution in [0.25, 0.3) is 10.1 Å². The predicted octanol–water partition coefficient (Wildman–Crippen LogP) is 3.56. The van der Waals surface area contributed by atoms with Gasteiger partial charge in [-0.15, -0.1) is 11.3 Å². The fraction of sp³-hybridized carbons (Fsp3) is 0.467. The summed E-state index contributed by atoms with van der Waals surface area (Å²) in [6, 6.07) is 10.3. The Kier molecular flexibility index (Phi) is 4.38. The summed E-state index contributed by atoms with van der Waals surface area (Å²) in [6.45, 7) is 4.87. The normalized spacial score (nSPS) is 15.2. The second-order valence-electron chi connectivity index (χ2n) is 5.26. The first-order valence-corrected chi connectivity index (χ1v) is 7.30. The standard InChI is InChI=1S/C15H21NOS/c1-10(2)7-12(9-16)15(17)14-8-11-5-3-4-6-13(11)18-14/h3-6,8,10,12,15,17H,7,9,16H2,1-2H3. The molecule has 2 nitrogen and oxygen atoms in total. The highest BCUT2D eigenvalue weighted by Crippen LogP contribution is 2.34. The molecule has 0 bridgehead atoms. The number of aliphatic hydroxyl groups excluding tert-OH is 1. The quantitative estimate of drug-likeness (QED) is 0.866. The molecule has 0 saturated carbocycles. The Morgan fingerprint density at radius 2 is 2.00 bits per heavy atom. The summed E-state index contributed by atoms with van der Waals surface area (Å²) in [7, 11) is 0. The molecular weight excluding hydrogens is 242 g/mol. The molecule has 1 aromatic carbocycles. The van der Waals surface area contributed by atoms with Crippen LogP contribution in [0.4, 0.5) is 0 Å². The van der Waals surface area contributed by atoms with Crippen molar-refractivity contribution in [2.24, 2.45) is 17.6 Å². The van der Waals surface area contributed by atoms with Gasteiger partial charge in [0.1, 0.15) is 0 Å². The Bertz CT molecular complexity index is 473. The molecule has 18 heavy (non-hydrogen) atoms. The van der Waals surface area contributed by atoms with E-state index in [4.69, 9.17) is 5.73 Å². The number of hydrogen-bond acceptors (Lipinski definition) is 3. The lowest BCUT2D eigenvalue weighted by atomic mass is 9.91. The molecule has 0 radical (unpaired) electrons. The van der Waals surface area contributed by atoms with Crippen molar-refractivity contribution in [1.82, 2.24) is 0 Å². The van der Waals surface area contributed by atoms with Gasteiger partial charge in [0.25, 0.3) is 0 Å². The smallest absolute Gasteiger partial charge is 0.0922 e. The van der Waals surface area contributed by atoms with Crippen LogP contribution < -0.4 is 5.73 Å². The van der Waals surface area contributed by atoms with Gasteiger partial charge in [-0.2, -0.15) is 0 Å². The summed E-state index contributed by atoms with van der Waals surface area (Å²) in [5.74, 6) is 0.709. The molecule has 0 fully saturated rings. The summed E-state index contributed by atoms with van der Waals surface area (Å²) in [5.41, 5.74) is 5.80. The van der Waals surface area contributed by atoms with Crippen molar-refractivity contribution in [2.45, 2.75) is 26.4 Å². The van der Waals surface area contributed by atoms with E-state index in [-0.39, 0.29) is 5.92 Å².